The number of nitrogens with one attached hydrogen (secondary N) is 1. The molecule has 0 aliphatic heterocycles. The van der Waals surface area contributed by atoms with Crippen molar-refractivity contribution < 1.29 is 40.3 Å². The minimum absolute atomic E-state index is 0.105. The van der Waals surface area contributed by atoms with Crippen LogP contribution in [0.4, 0.5) is 30.7 Å². The minimum atomic E-state index is -5.28. The summed E-state index contributed by atoms with van der Waals surface area (Å²) >= 11 is 0. The Bertz CT molecular complexity index is 1070. The van der Waals surface area contributed by atoms with Crippen LogP contribution < -0.4 is 10.1 Å². The first-order chi connectivity index (χ1) is 16.2. The van der Waals surface area contributed by atoms with E-state index in [9.17, 15) is 35.5 Å². The largest absolute Gasteiger partial charge is 0.496 e. The maximum Gasteiger partial charge on any atom is 0.417 e. The summed E-state index contributed by atoms with van der Waals surface area (Å²) in [6.07, 6.45) is -7.68. The van der Waals surface area contributed by atoms with E-state index in [0.717, 1.165) is 20.0 Å². The van der Waals surface area contributed by atoms with E-state index in [1.54, 1.807) is 20.2 Å². The van der Waals surface area contributed by atoms with Gasteiger partial charge in [-0.1, -0.05) is 25.0 Å². The van der Waals surface area contributed by atoms with E-state index in [1.807, 2.05) is 4.90 Å². The lowest BCUT2D eigenvalue weighted by Gasteiger charge is -2.44. The van der Waals surface area contributed by atoms with Crippen molar-refractivity contribution in [1.82, 2.24) is 10.2 Å². The Morgan fingerprint density at radius 2 is 1.66 bits per heavy atom. The van der Waals surface area contributed by atoms with Crippen LogP contribution in [0.3, 0.4) is 0 Å². The Balaban J connectivity index is 2.17. The number of carbonyl (C=O) groups excluding carboxylic acids is 1. The second-order valence-electron chi connectivity index (χ2n) is 8.76. The summed E-state index contributed by atoms with van der Waals surface area (Å²) in [6, 6.07) is 4.65. The number of alkyl halides is 6. The zero-order valence-corrected chi connectivity index (χ0v) is 19.3. The summed E-state index contributed by atoms with van der Waals surface area (Å²) in [4.78, 5) is 15.2. The molecule has 1 N–H and O–H groups in total. The van der Waals surface area contributed by atoms with Crippen LogP contribution in [0.5, 0.6) is 5.75 Å². The lowest BCUT2D eigenvalue weighted by Crippen LogP contribution is -2.53. The number of methoxy groups -OCH3 is 1. The molecule has 0 bridgehead atoms. The number of benzene rings is 2. The fourth-order valence-corrected chi connectivity index (χ4v) is 4.80. The lowest BCUT2D eigenvalue weighted by molar-refractivity contribution is -0.143. The molecule has 1 amide bonds. The molecule has 1 atom stereocenters. The number of carbonyl (C=O) groups is 1. The molecule has 11 heteroatoms. The standard InChI is InChI=1S/C24H25F7N2O2/c1-33(2)22(9-4-5-10-22)20(14-7-6-8-16(25)11-14)32-21(34)19-17(24(29,30)31)12-15(23(26,27)28)13-18(19)35-3/h6-8,11-13,20H,4-5,9-10H2,1-3H3,(H,32,34). The molecule has 1 saturated carbocycles. The molecule has 1 fully saturated rings. The Morgan fingerprint density at radius 3 is 2.14 bits per heavy atom. The van der Waals surface area contributed by atoms with Crippen molar-refractivity contribution in [2.75, 3.05) is 21.2 Å². The van der Waals surface area contributed by atoms with Gasteiger partial charge in [-0.2, -0.15) is 26.3 Å². The number of hydrogen-bond donors (Lipinski definition) is 1. The second kappa shape index (κ2) is 9.67. The fraction of sp³-hybridized carbons (Fsp3) is 0.458. The predicted octanol–water partition coefficient (Wildman–Crippen LogP) is 6.22. The van der Waals surface area contributed by atoms with Gasteiger partial charge in [-0.15, -0.1) is 0 Å². The van der Waals surface area contributed by atoms with E-state index >= 15 is 0 Å². The highest BCUT2D eigenvalue weighted by Gasteiger charge is 2.47. The summed E-state index contributed by atoms with van der Waals surface area (Å²) in [5.74, 6) is -2.74. The number of nitrogens with zero attached hydrogens (tertiary/aromatic N) is 1. The zero-order chi connectivity index (χ0) is 26.2. The highest BCUT2D eigenvalue weighted by atomic mass is 19.4. The Morgan fingerprint density at radius 1 is 1.03 bits per heavy atom. The quantitative estimate of drug-likeness (QED) is 0.474. The first-order valence-electron chi connectivity index (χ1n) is 10.8. The van der Waals surface area contributed by atoms with E-state index in [2.05, 4.69) is 5.32 Å². The van der Waals surface area contributed by atoms with Gasteiger partial charge >= 0.3 is 12.4 Å². The first kappa shape index (κ1) is 26.8. The third-order valence-electron chi connectivity index (χ3n) is 6.54. The molecule has 3 rings (SSSR count). The summed E-state index contributed by atoms with van der Waals surface area (Å²) in [5, 5.41) is 2.58. The van der Waals surface area contributed by atoms with Crippen LogP contribution in [0.15, 0.2) is 36.4 Å². The van der Waals surface area contributed by atoms with Crippen LogP contribution in [0.25, 0.3) is 0 Å². The number of rotatable bonds is 6. The molecular formula is C24H25F7N2O2. The topological polar surface area (TPSA) is 41.6 Å². The molecule has 2 aromatic rings. The number of halogens is 7. The number of amides is 1. The molecule has 1 unspecified atom stereocenters. The van der Waals surface area contributed by atoms with Gasteiger partial charge < -0.3 is 15.0 Å². The van der Waals surface area contributed by atoms with Crippen LogP contribution in [0.2, 0.25) is 0 Å². The highest BCUT2D eigenvalue weighted by Crippen LogP contribution is 2.45. The van der Waals surface area contributed by atoms with Gasteiger partial charge in [-0.05, 0) is 56.8 Å². The summed E-state index contributed by atoms with van der Waals surface area (Å²) < 4.78 is 100. The van der Waals surface area contributed by atoms with Gasteiger partial charge in [0.05, 0.1) is 29.8 Å². The van der Waals surface area contributed by atoms with E-state index in [1.165, 1.54) is 18.2 Å². The van der Waals surface area contributed by atoms with Gasteiger partial charge in [0, 0.05) is 5.54 Å². The molecule has 0 spiro atoms. The smallest absolute Gasteiger partial charge is 0.417 e. The van der Waals surface area contributed by atoms with Gasteiger partial charge in [0.15, 0.2) is 0 Å². The van der Waals surface area contributed by atoms with E-state index in [0.29, 0.717) is 24.5 Å². The summed E-state index contributed by atoms with van der Waals surface area (Å²) in [5.41, 5.74) is -4.86. The molecular weight excluding hydrogens is 481 g/mol. The number of likely N-dealkylation sites (N-methyl/N-ethyl adjacent to an activating group) is 1. The molecule has 4 nitrogen and oxygen atoms in total. The SMILES string of the molecule is COc1cc(C(F)(F)F)cc(C(F)(F)F)c1C(=O)NC(c1cccc(F)c1)C1(N(C)C)CCCC1. The van der Waals surface area contributed by atoms with Crippen molar-refractivity contribution in [3.63, 3.8) is 0 Å². The van der Waals surface area contributed by atoms with Crippen LogP contribution in [-0.2, 0) is 12.4 Å². The molecule has 1 aliphatic carbocycles. The van der Waals surface area contributed by atoms with Gasteiger partial charge in [0.25, 0.3) is 5.91 Å². The van der Waals surface area contributed by atoms with Crippen molar-refractivity contribution in [3.8, 4) is 5.75 Å². The van der Waals surface area contributed by atoms with Crippen LogP contribution in [-0.4, -0.2) is 37.6 Å². The van der Waals surface area contributed by atoms with E-state index in [4.69, 9.17) is 4.74 Å². The molecule has 0 heterocycles. The van der Waals surface area contributed by atoms with Gasteiger partial charge in [0.2, 0.25) is 0 Å². The molecule has 0 radical (unpaired) electrons. The maximum absolute atomic E-state index is 14.1. The van der Waals surface area contributed by atoms with Crippen LogP contribution >= 0.6 is 0 Å². The zero-order valence-electron chi connectivity index (χ0n) is 19.3. The van der Waals surface area contributed by atoms with Crippen LogP contribution in [0, 0.1) is 5.82 Å². The van der Waals surface area contributed by atoms with E-state index in [-0.39, 0.29) is 6.07 Å². The third-order valence-corrected chi connectivity index (χ3v) is 6.54. The van der Waals surface area contributed by atoms with Crippen molar-refractivity contribution in [3.05, 3.63) is 64.5 Å². The average Bonchev–Trinajstić information content (AvgIpc) is 3.26. The number of hydrogen-bond acceptors (Lipinski definition) is 3. The predicted molar refractivity (Wildman–Crippen MR) is 114 cm³/mol. The molecule has 192 valence electrons. The van der Waals surface area contributed by atoms with Crippen molar-refractivity contribution in [1.29, 1.82) is 0 Å². The Labute approximate surface area is 198 Å². The Kier molecular flexibility index (Phi) is 7.40. The lowest BCUT2D eigenvalue weighted by atomic mass is 9.82. The highest BCUT2D eigenvalue weighted by molar-refractivity contribution is 5.99. The van der Waals surface area contributed by atoms with Crippen molar-refractivity contribution in [2.45, 2.75) is 49.6 Å². The summed E-state index contributed by atoms with van der Waals surface area (Å²) in [6.45, 7) is 0. The normalized spacial score (nSPS) is 16.9. The molecule has 1 aliphatic rings. The monoisotopic (exact) mass is 506 g/mol. The minimum Gasteiger partial charge on any atom is -0.496 e. The Hall–Kier alpha value is -2.82. The maximum atomic E-state index is 14.1. The second-order valence-corrected chi connectivity index (χ2v) is 8.76. The molecule has 2 aromatic carbocycles. The van der Waals surface area contributed by atoms with Crippen molar-refractivity contribution >= 4 is 5.91 Å². The average molecular weight is 506 g/mol. The summed E-state index contributed by atoms with van der Waals surface area (Å²) in [7, 11) is 4.39. The van der Waals surface area contributed by atoms with E-state index < -0.39 is 58.1 Å². The first-order valence-corrected chi connectivity index (χ1v) is 10.8. The molecule has 35 heavy (non-hydrogen) atoms. The van der Waals surface area contributed by atoms with Crippen LogP contribution in [0.1, 0.15) is 58.8 Å². The van der Waals surface area contributed by atoms with Gasteiger partial charge in [0.1, 0.15) is 11.6 Å². The van der Waals surface area contributed by atoms with Gasteiger partial charge in [-0.3, -0.25) is 4.79 Å². The van der Waals surface area contributed by atoms with Gasteiger partial charge in [-0.25, -0.2) is 4.39 Å². The molecule has 0 saturated heterocycles. The number of ether oxygens (including phenoxy) is 1. The van der Waals surface area contributed by atoms with Crippen molar-refractivity contribution in [2.24, 2.45) is 0 Å². The fourth-order valence-electron chi connectivity index (χ4n) is 4.80. The molecule has 0 aromatic heterocycles. The third kappa shape index (κ3) is 5.39.